The van der Waals surface area contributed by atoms with Gasteiger partial charge in [-0.25, -0.2) is 0 Å². The number of hydrogen-bond donors (Lipinski definition) is 2. The maximum Gasteiger partial charge on any atom is 0.435 e. The molecule has 112 valence electrons. The maximum atomic E-state index is 12.3. The summed E-state index contributed by atoms with van der Waals surface area (Å²) in [6, 6.07) is 0.859. The number of alkyl halides is 3. The molecule has 1 atom stereocenters. The zero-order chi connectivity index (χ0) is 14.6. The summed E-state index contributed by atoms with van der Waals surface area (Å²) < 4.78 is 38.0. The van der Waals surface area contributed by atoms with Crippen LogP contribution in [-0.2, 0) is 17.5 Å². The summed E-state index contributed by atoms with van der Waals surface area (Å²) in [7, 11) is 0. The first kappa shape index (κ1) is 14.8. The molecule has 0 aliphatic carbocycles. The van der Waals surface area contributed by atoms with Gasteiger partial charge in [0.1, 0.15) is 6.54 Å². The Morgan fingerprint density at radius 2 is 2.35 bits per heavy atom. The smallest absolute Gasteiger partial charge is 0.354 e. The Labute approximate surface area is 114 Å². The van der Waals surface area contributed by atoms with Crippen LogP contribution in [0.2, 0.25) is 0 Å². The third kappa shape index (κ3) is 4.22. The maximum absolute atomic E-state index is 12.3. The van der Waals surface area contributed by atoms with Crippen LogP contribution in [-0.4, -0.2) is 35.3 Å². The molecule has 0 bridgehead atoms. The van der Waals surface area contributed by atoms with Crippen molar-refractivity contribution >= 4 is 5.91 Å². The molecule has 5 nitrogen and oxygen atoms in total. The number of carbonyl (C=O) groups excluding carboxylic acids is 1. The molecule has 1 aliphatic heterocycles. The third-order valence-electron chi connectivity index (χ3n) is 3.22. The Kier molecular flexibility index (Phi) is 4.64. The minimum atomic E-state index is -4.48. The average molecular weight is 290 g/mol. The largest absolute Gasteiger partial charge is 0.435 e. The Hall–Kier alpha value is -1.57. The second-order valence-corrected chi connectivity index (χ2v) is 4.91. The number of nitrogens with one attached hydrogen (secondary N) is 2. The predicted molar refractivity (Wildman–Crippen MR) is 65.8 cm³/mol. The summed E-state index contributed by atoms with van der Waals surface area (Å²) in [5.41, 5.74) is -0.984. The van der Waals surface area contributed by atoms with Crippen molar-refractivity contribution in [3.05, 3.63) is 18.0 Å². The van der Waals surface area contributed by atoms with Crippen molar-refractivity contribution in [2.24, 2.45) is 5.92 Å². The van der Waals surface area contributed by atoms with E-state index in [2.05, 4.69) is 15.7 Å². The number of piperidine rings is 1. The number of halogens is 3. The molecule has 1 unspecified atom stereocenters. The zero-order valence-electron chi connectivity index (χ0n) is 10.9. The van der Waals surface area contributed by atoms with Crippen LogP contribution in [0.5, 0.6) is 0 Å². The first-order chi connectivity index (χ1) is 9.45. The number of hydrogen-bond acceptors (Lipinski definition) is 3. The first-order valence-corrected chi connectivity index (χ1v) is 6.53. The second-order valence-electron chi connectivity index (χ2n) is 4.91. The summed E-state index contributed by atoms with van der Waals surface area (Å²) in [5, 5.41) is 9.30. The van der Waals surface area contributed by atoms with E-state index in [4.69, 9.17) is 0 Å². The molecule has 0 aromatic carbocycles. The molecular formula is C12H17F3N4O. The van der Waals surface area contributed by atoms with Gasteiger partial charge in [0.25, 0.3) is 0 Å². The summed E-state index contributed by atoms with van der Waals surface area (Å²) in [6.45, 7) is 2.20. The van der Waals surface area contributed by atoms with Gasteiger partial charge in [-0.2, -0.15) is 18.3 Å². The Balaban J connectivity index is 1.77. The van der Waals surface area contributed by atoms with Gasteiger partial charge in [0.2, 0.25) is 5.91 Å². The van der Waals surface area contributed by atoms with E-state index in [1.807, 2.05) is 0 Å². The van der Waals surface area contributed by atoms with Gasteiger partial charge < -0.3 is 10.6 Å². The summed E-state index contributed by atoms with van der Waals surface area (Å²) in [5.74, 6) is 0.0588. The second kappa shape index (κ2) is 6.25. The molecular weight excluding hydrogens is 273 g/mol. The Bertz CT molecular complexity index is 452. The van der Waals surface area contributed by atoms with Crippen LogP contribution in [0.4, 0.5) is 13.2 Å². The first-order valence-electron chi connectivity index (χ1n) is 6.53. The molecule has 8 heteroatoms. The van der Waals surface area contributed by atoms with Crippen LogP contribution in [0, 0.1) is 5.92 Å². The molecule has 1 amide bonds. The SMILES string of the molecule is O=C(Cn1ccc(C(F)(F)F)n1)NCC1CCCNC1. The van der Waals surface area contributed by atoms with Crippen LogP contribution in [0.15, 0.2) is 12.3 Å². The highest BCUT2D eigenvalue weighted by Crippen LogP contribution is 2.27. The minimum Gasteiger partial charge on any atom is -0.354 e. The summed E-state index contributed by atoms with van der Waals surface area (Å²) in [4.78, 5) is 11.6. The normalized spacial score (nSPS) is 19.9. The lowest BCUT2D eigenvalue weighted by Gasteiger charge is -2.22. The number of carbonyl (C=O) groups is 1. The number of aromatic nitrogens is 2. The fraction of sp³-hybridized carbons (Fsp3) is 0.667. The van der Waals surface area contributed by atoms with Gasteiger partial charge in [-0.05, 0) is 37.9 Å². The zero-order valence-corrected chi connectivity index (χ0v) is 10.9. The highest BCUT2D eigenvalue weighted by molar-refractivity contribution is 5.75. The van der Waals surface area contributed by atoms with Crippen LogP contribution >= 0.6 is 0 Å². The highest BCUT2D eigenvalue weighted by atomic mass is 19.4. The Morgan fingerprint density at radius 1 is 1.55 bits per heavy atom. The molecule has 0 radical (unpaired) electrons. The fourth-order valence-corrected chi connectivity index (χ4v) is 2.16. The van der Waals surface area contributed by atoms with Crippen LogP contribution in [0.3, 0.4) is 0 Å². The summed E-state index contributed by atoms with van der Waals surface area (Å²) >= 11 is 0. The van der Waals surface area contributed by atoms with Crippen molar-refractivity contribution in [1.82, 2.24) is 20.4 Å². The molecule has 2 rings (SSSR count). The van der Waals surface area contributed by atoms with Crippen molar-refractivity contribution in [3.8, 4) is 0 Å². The van der Waals surface area contributed by atoms with E-state index < -0.39 is 11.9 Å². The van der Waals surface area contributed by atoms with Gasteiger partial charge in [-0.15, -0.1) is 0 Å². The van der Waals surface area contributed by atoms with E-state index in [9.17, 15) is 18.0 Å². The quantitative estimate of drug-likeness (QED) is 0.870. The molecule has 0 saturated carbocycles. The molecule has 1 aliphatic rings. The van der Waals surface area contributed by atoms with Gasteiger partial charge >= 0.3 is 6.18 Å². The molecule has 1 aromatic rings. The lowest BCUT2D eigenvalue weighted by atomic mass is 10.00. The predicted octanol–water partition coefficient (Wildman–Crippen LogP) is 1.02. The monoisotopic (exact) mass is 290 g/mol. The molecule has 1 aromatic heterocycles. The van der Waals surface area contributed by atoms with Gasteiger partial charge in [0, 0.05) is 12.7 Å². The van der Waals surface area contributed by atoms with E-state index in [0.29, 0.717) is 12.5 Å². The molecule has 2 heterocycles. The van der Waals surface area contributed by atoms with Crippen LogP contribution in [0.25, 0.3) is 0 Å². The van der Waals surface area contributed by atoms with E-state index >= 15 is 0 Å². The van der Waals surface area contributed by atoms with E-state index in [0.717, 1.165) is 42.9 Å². The van der Waals surface area contributed by atoms with Crippen molar-refractivity contribution in [2.75, 3.05) is 19.6 Å². The van der Waals surface area contributed by atoms with Gasteiger partial charge in [-0.3, -0.25) is 9.48 Å². The van der Waals surface area contributed by atoms with Crippen LogP contribution in [0.1, 0.15) is 18.5 Å². The number of nitrogens with zero attached hydrogens (tertiary/aromatic N) is 2. The minimum absolute atomic E-state index is 0.198. The topological polar surface area (TPSA) is 59.0 Å². The van der Waals surface area contributed by atoms with Crippen molar-refractivity contribution in [3.63, 3.8) is 0 Å². The molecule has 0 spiro atoms. The lowest BCUT2D eigenvalue weighted by Crippen LogP contribution is -2.39. The molecule has 1 fully saturated rings. The third-order valence-corrected chi connectivity index (χ3v) is 3.22. The van der Waals surface area contributed by atoms with E-state index in [-0.39, 0.29) is 12.5 Å². The van der Waals surface area contributed by atoms with Crippen molar-refractivity contribution < 1.29 is 18.0 Å². The number of amides is 1. The molecule has 2 N–H and O–H groups in total. The van der Waals surface area contributed by atoms with E-state index in [1.54, 1.807) is 0 Å². The lowest BCUT2D eigenvalue weighted by molar-refractivity contribution is -0.141. The standard InChI is InChI=1S/C12H17F3N4O/c13-12(14,15)10-3-5-19(18-10)8-11(20)17-7-9-2-1-4-16-6-9/h3,5,9,16H,1-2,4,6-8H2,(H,17,20). The highest BCUT2D eigenvalue weighted by Gasteiger charge is 2.33. The van der Waals surface area contributed by atoms with Crippen molar-refractivity contribution in [1.29, 1.82) is 0 Å². The Morgan fingerprint density at radius 3 is 2.95 bits per heavy atom. The van der Waals surface area contributed by atoms with Gasteiger partial charge in [-0.1, -0.05) is 0 Å². The van der Waals surface area contributed by atoms with Crippen molar-refractivity contribution in [2.45, 2.75) is 25.6 Å². The number of rotatable bonds is 4. The molecule has 20 heavy (non-hydrogen) atoms. The van der Waals surface area contributed by atoms with Crippen LogP contribution < -0.4 is 10.6 Å². The molecule has 1 saturated heterocycles. The fourth-order valence-electron chi connectivity index (χ4n) is 2.16. The van der Waals surface area contributed by atoms with E-state index in [1.165, 1.54) is 0 Å². The average Bonchev–Trinajstić information content (AvgIpc) is 2.86. The summed E-state index contributed by atoms with van der Waals surface area (Å²) in [6.07, 6.45) is -1.19. The van der Waals surface area contributed by atoms with Gasteiger partial charge in [0.15, 0.2) is 5.69 Å². The van der Waals surface area contributed by atoms with Gasteiger partial charge in [0.05, 0.1) is 0 Å².